The van der Waals surface area contributed by atoms with E-state index in [2.05, 4.69) is 16.0 Å². The first-order valence-corrected chi connectivity index (χ1v) is 13.9. The molecule has 39 heavy (non-hydrogen) atoms. The molecule has 1 spiro atoms. The number of rotatable bonds is 11. The zero-order valence-corrected chi connectivity index (χ0v) is 23.7. The molecule has 12 heteroatoms. The van der Waals surface area contributed by atoms with Gasteiger partial charge in [0.05, 0.1) is 16.6 Å². The average molecular weight is 598 g/mol. The number of hydrogen-bond acceptors (Lipinski definition) is 5. The summed E-state index contributed by atoms with van der Waals surface area (Å²) in [6.07, 6.45) is 1.96. The molecule has 4 N–H and O–H groups in total. The van der Waals surface area contributed by atoms with Crippen molar-refractivity contribution in [2.24, 2.45) is 5.41 Å². The topological polar surface area (TPSA) is 120 Å². The lowest BCUT2D eigenvalue weighted by Gasteiger charge is -2.58. The Morgan fingerprint density at radius 1 is 1.13 bits per heavy atom. The molecule has 1 heterocycles. The maximum atomic E-state index is 12.7. The molecule has 2 aromatic carbocycles. The molecule has 1 saturated carbocycles. The second-order valence-corrected chi connectivity index (χ2v) is 11.3. The van der Waals surface area contributed by atoms with Gasteiger partial charge in [0.15, 0.2) is 6.10 Å². The Morgan fingerprint density at radius 2 is 1.87 bits per heavy atom. The van der Waals surface area contributed by atoms with E-state index in [9.17, 15) is 14.4 Å². The molecular formula is C27H31Cl3N4O5. The molecule has 1 atom stereocenters. The van der Waals surface area contributed by atoms with E-state index in [-0.39, 0.29) is 45.7 Å². The van der Waals surface area contributed by atoms with Gasteiger partial charge in [-0.15, -0.1) is 0 Å². The monoisotopic (exact) mass is 596 g/mol. The van der Waals surface area contributed by atoms with Gasteiger partial charge >= 0.3 is 12.0 Å². The van der Waals surface area contributed by atoms with Gasteiger partial charge in [0.25, 0.3) is 5.91 Å². The Labute approximate surface area is 242 Å². The fourth-order valence-electron chi connectivity index (χ4n) is 5.23. The highest BCUT2D eigenvalue weighted by atomic mass is 35.5. The molecular weight excluding hydrogens is 567 g/mol. The Bertz CT molecular complexity index is 1230. The van der Waals surface area contributed by atoms with Gasteiger partial charge in [0.1, 0.15) is 10.8 Å². The second kappa shape index (κ2) is 12.6. The number of amides is 3. The summed E-state index contributed by atoms with van der Waals surface area (Å²) in [4.78, 5) is 37.9. The van der Waals surface area contributed by atoms with Gasteiger partial charge in [0, 0.05) is 31.4 Å². The molecule has 2 aromatic rings. The van der Waals surface area contributed by atoms with Crippen LogP contribution in [0.1, 0.15) is 31.7 Å². The Hall–Kier alpha value is -2.72. The molecule has 1 aliphatic carbocycles. The summed E-state index contributed by atoms with van der Waals surface area (Å²) < 4.78 is 5.78. The van der Waals surface area contributed by atoms with Gasteiger partial charge in [-0.3, -0.25) is 14.5 Å². The molecule has 9 nitrogen and oxygen atoms in total. The number of nitrogens with zero attached hydrogens (tertiary/aromatic N) is 1. The van der Waals surface area contributed by atoms with Crippen LogP contribution in [0.4, 0.5) is 10.5 Å². The molecule has 210 valence electrons. The fraction of sp³-hybridized carbons (Fsp3) is 0.444. The summed E-state index contributed by atoms with van der Waals surface area (Å²) in [6.45, 7) is 3.82. The van der Waals surface area contributed by atoms with Gasteiger partial charge in [-0.1, -0.05) is 53.9 Å². The molecule has 1 aliphatic heterocycles. The van der Waals surface area contributed by atoms with Gasteiger partial charge in [0.2, 0.25) is 0 Å². The van der Waals surface area contributed by atoms with Crippen molar-refractivity contribution >= 4 is 58.4 Å². The summed E-state index contributed by atoms with van der Waals surface area (Å²) in [5.41, 5.74) is 1.75. The Kier molecular flexibility index (Phi) is 9.48. The first-order chi connectivity index (χ1) is 18.6. The largest absolute Gasteiger partial charge is 0.480 e. The number of ether oxygens (including phenoxy) is 1. The number of benzene rings is 2. The quantitative estimate of drug-likeness (QED) is 0.275. The molecule has 4 rings (SSSR count). The van der Waals surface area contributed by atoms with Crippen LogP contribution in [0, 0.1) is 5.41 Å². The van der Waals surface area contributed by atoms with Crippen molar-refractivity contribution in [1.29, 1.82) is 0 Å². The normalized spacial score (nSPS) is 17.0. The van der Waals surface area contributed by atoms with E-state index in [0.717, 1.165) is 31.5 Å². The van der Waals surface area contributed by atoms with Gasteiger partial charge in [-0.05, 0) is 60.9 Å². The van der Waals surface area contributed by atoms with E-state index in [1.165, 1.54) is 0 Å². The number of carboxylic acid groups (broad SMARTS) is 1. The molecule has 1 saturated heterocycles. The smallest absolute Gasteiger partial charge is 0.319 e. The van der Waals surface area contributed by atoms with Crippen molar-refractivity contribution in [3.05, 3.63) is 57.0 Å². The lowest BCUT2D eigenvalue weighted by atomic mass is 9.60. The molecule has 2 fully saturated rings. The second-order valence-electron chi connectivity index (χ2n) is 10.2. The molecule has 0 radical (unpaired) electrons. The molecule has 0 aromatic heterocycles. The Balaban J connectivity index is 1.19. The van der Waals surface area contributed by atoms with Crippen molar-refractivity contribution in [2.45, 2.75) is 44.8 Å². The van der Waals surface area contributed by atoms with Crippen molar-refractivity contribution in [3.63, 3.8) is 0 Å². The van der Waals surface area contributed by atoms with Crippen LogP contribution in [0.3, 0.4) is 0 Å². The number of halogens is 3. The minimum atomic E-state index is -0.813. The van der Waals surface area contributed by atoms with E-state index in [0.29, 0.717) is 30.1 Å². The first kappa shape index (κ1) is 29.3. The third-order valence-electron chi connectivity index (χ3n) is 7.00. The number of carboxylic acids is 1. The number of aliphatic carboxylic acids is 1. The van der Waals surface area contributed by atoms with Crippen molar-refractivity contribution in [1.82, 2.24) is 15.5 Å². The van der Waals surface area contributed by atoms with Crippen LogP contribution < -0.4 is 20.7 Å². The molecule has 3 amide bonds. The Morgan fingerprint density at radius 3 is 2.56 bits per heavy atom. The highest BCUT2D eigenvalue weighted by molar-refractivity contribution is 6.48. The van der Waals surface area contributed by atoms with E-state index in [1.54, 1.807) is 12.1 Å². The van der Waals surface area contributed by atoms with Crippen LogP contribution in [0.25, 0.3) is 0 Å². The van der Waals surface area contributed by atoms with Gasteiger partial charge in [-0.25, -0.2) is 4.79 Å². The van der Waals surface area contributed by atoms with Gasteiger partial charge in [-0.2, -0.15) is 0 Å². The average Bonchev–Trinajstić information content (AvgIpc) is 2.84. The highest BCUT2D eigenvalue weighted by Gasteiger charge is 2.52. The summed E-state index contributed by atoms with van der Waals surface area (Å²) in [5.74, 6) is -0.800. The zero-order chi connectivity index (χ0) is 28.2. The maximum absolute atomic E-state index is 12.7. The molecule has 1 unspecified atom stereocenters. The number of urea groups is 1. The van der Waals surface area contributed by atoms with Gasteiger partial charge < -0.3 is 25.8 Å². The number of anilines is 1. The standard InChI is InChI=1S/C27H31Cl3N4O5/c1-2-20(39-21-7-6-19(28)23(29)24(21)30)25(37)31-9-8-16-4-3-5-17(10-16)32-26(38)33-18-11-27(12-18)14-34(15-27)13-22(35)36/h3-7,10,18,20H,2,8-9,11-15H2,1H3,(H,31,37)(H,35,36)(H2,32,33,38). The van der Waals surface area contributed by atoms with Crippen molar-refractivity contribution < 1.29 is 24.2 Å². The van der Waals surface area contributed by atoms with Crippen molar-refractivity contribution in [2.75, 3.05) is 31.5 Å². The summed E-state index contributed by atoms with van der Waals surface area (Å²) in [5, 5.41) is 18.2. The minimum Gasteiger partial charge on any atom is -0.480 e. The third kappa shape index (κ3) is 7.48. The lowest BCUT2D eigenvalue weighted by molar-refractivity contribution is -0.145. The number of nitrogens with one attached hydrogen (secondary N) is 3. The van der Waals surface area contributed by atoms with Crippen LogP contribution in [-0.2, 0) is 16.0 Å². The zero-order valence-electron chi connectivity index (χ0n) is 21.4. The summed E-state index contributed by atoms with van der Waals surface area (Å²) in [7, 11) is 0. The van der Waals surface area contributed by atoms with Crippen LogP contribution in [0.15, 0.2) is 36.4 Å². The van der Waals surface area contributed by atoms with E-state index in [1.807, 2.05) is 36.1 Å². The van der Waals surface area contributed by atoms with Crippen LogP contribution in [0.2, 0.25) is 15.1 Å². The third-order valence-corrected chi connectivity index (χ3v) is 8.28. The van der Waals surface area contributed by atoms with Crippen molar-refractivity contribution in [3.8, 4) is 5.75 Å². The minimum absolute atomic E-state index is 0.0704. The summed E-state index contributed by atoms with van der Waals surface area (Å²) in [6, 6.07) is 10.4. The maximum Gasteiger partial charge on any atom is 0.319 e. The van der Waals surface area contributed by atoms with Crippen LogP contribution >= 0.6 is 34.8 Å². The lowest BCUT2D eigenvalue weighted by Crippen LogP contribution is -2.67. The van der Waals surface area contributed by atoms with Crippen LogP contribution in [0.5, 0.6) is 5.75 Å². The number of likely N-dealkylation sites (tertiary alicyclic amines) is 1. The number of carbonyl (C=O) groups is 3. The van der Waals surface area contributed by atoms with E-state index in [4.69, 9.17) is 44.6 Å². The van der Waals surface area contributed by atoms with E-state index < -0.39 is 12.1 Å². The number of hydrogen-bond donors (Lipinski definition) is 4. The highest BCUT2D eigenvalue weighted by Crippen LogP contribution is 2.48. The van der Waals surface area contributed by atoms with E-state index >= 15 is 0 Å². The predicted molar refractivity (Wildman–Crippen MR) is 151 cm³/mol. The fourth-order valence-corrected chi connectivity index (χ4v) is 5.80. The molecule has 2 aliphatic rings. The predicted octanol–water partition coefficient (Wildman–Crippen LogP) is 4.83. The SMILES string of the molecule is CCC(Oc1ccc(Cl)c(Cl)c1Cl)C(=O)NCCc1cccc(NC(=O)NC2CC3(C2)CN(CC(=O)O)C3)c1. The molecule has 0 bridgehead atoms. The first-order valence-electron chi connectivity index (χ1n) is 12.8. The summed E-state index contributed by atoms with van der Waals surface area (Å²) >= 11 is 18.2. The van der Waals surface area contributed by atoms with Crippen LogP contribution in [-0.4, -0.2) is 66.2 Å². The number of carbonyl (C=O) groups excluding carboxylic acids is 2.